The predicted octanol–water partition coefficient (Wildman–Crippen LogP) is 3.84. The molecule has 1 heterocycles. The molecule has 0 atom stereocenters. The first kappa shape index (κ1) is 16.4. The first-order valence-corrected chi connectivity index (χ1v) is 7.64. The maximum Gasteiger partial charge on any atom is 0.134 e. The zero-order valence-corrected chi connectivity index (χ0v) is 13.8. The molecule has 0 unspecified atom stereocenters. The summed E-state index contributed by atoms with van der Waals surface area (Å²) in [5, 5.41) is 3.26. The second kappa shape index (κ2) is 8.48. The molecule has 0 saturated heterocycles. The fraction of sp³-hybridized carbons (Fsp3) is 0.714. The molecule has 0 aromatic carbocycles. The van der Waals surface area contributed by atoms with E-state index in [1.807, 2.05) is 6.07 Å². The van der Waals surface area contributed by atoms with E-state index in [0.717, 1.165) is 35.8 Å². The zero-order chi connectivity index (χ0) is 14.3. The minimum Gasteiger partial charge on any atom is -0.380 e. The minimum absolute atomic E-state index is 0.320. The fourth-order valence-electron chi connectivity index (χ4n) is 1.46. The third-order valence-corrected chi connectivity index (χ3v) is 3.03. The SMILES string of the molecule is CC(C)CCOCCNc1cc(Br)nc(C(C)C)n1. The van der Waals surface area contributed by atoms with Gasteiger partial charge in [-0.1, -0.05) is 27.7 Å². The first-order valence-electron chi connectivity index (χ1n) is 6.85. The van der Waals surface area contributed by atoms with Gasteiger partial charge in [0.15, 0.2) is 0 Å². The summed E-state index contributed by atoms with van der Waals surface area (Å²) in [4.78, 5) is 8.82. The quantitative estimate of drug-likeness (QED) is 0.581. The number of halogens is 1. The molecule has 0 saturated carbocycles. The highest BCUT2D eigenvalue weighted by atomic mass is 79.9. The van der Waals surface area contributed by atoms with E-state index in [-0.39, 0.29) is 0 Å². The molecule has 108 valence electrons. The average molecular weight is 330 g/mol. The highest BCUT2D eigenvalue weighted by Gasteiger charge is 2.06. The Labute approximate surface area is 124 Å². The van der Waals surface area contributed by atoms with Crippen LogP contribution in [0.3, 0.4) is 0 Å². The van der Waals surface area contributed by atoms with Crippen LogP contribution >= 0.6 is 15.9 Å². The molecule has 1 aromatic heterocycles. The lowest BCUT2D eigenvalue weighted by Crippen LogP contribution is -2.13. The maximum absolute atomic E-state index is 5.56. The van der Waals surface area contributed by atoms with Gasteiger partial charge in [0.2, 0.25) is 0 Å². The van der Waals surface area contributed by atoms with Crippen LogP contribution in [-0.2, 0) is 4.74 Å². The predicted molar refractivity (Wildman–Crippen MR) is 82.6 cm³/mol. The topological polar surface area (TPSA) is 47.0 Å². The molecule has 1 aromatic rings. The molecule has 4 nitrogen and oxygen atoms in total. The van der Waals surface area contributed by atoms with E-state index in [2.05, 4.69) is 58.9 Å². The zero-order valence-electron chi connectivity index (χ0n) is 12.2. The average Bonchev–Trinajstić information content (AvgIpc) is 2.32. The van der Waals surface area contributed by atoms with Crippen LogP contribution in [0.1, 0.15) is 45.9 Å². The Morgan fingerprint density at radius 2 is 1.95 bits per heavy atom. The summed E-state index contributed by atoms with van der Waals surface area (Å²) in [5.41, 5.74) is 0. The van der Waals surface area contributed by atoms with Crippen LogP contribution in [0.2, 0.25) is 0 Å². The smallest absolute Gasteiger partial charge is 0.134 e. The third-order valence-electron chi connectivity index (χ3n) is 2.62. The van der Waals surface area contributed by atoms with Gasteiger partial charge in [-0.05, 0) is 28.3 Å². The Bertz CT molecular complexity index is 383. The number of hydrogen-bond donors (Lipinski definition) is 1. The number of nitrogens with one attached hydrogen (secondary N) is 1. The lowest BCUT2D eigenvalue weighted by Gasteiger charge is -2.10. The highest BCUT2D eigenvalue weighted by molar-refractivity contribution is 9.10. The molecular weight excluding hydrogens is 306 g/mol. The monoisotopic (exact) mass is 329 g/mol. The lowest BCUT2D eigenvalue weighted by molar-refractivity contribution is 0.132. The van der Waals surface area contributed by atoms with Gasteiger partial charge in [-0.15, -0.1) is 0 Å². The number of ether oxygens (including phenoxy) is 1. The Morgan fingerprint density at radius 1 is 1.21 bits per heavy atom. The summed E-state index contributed by atoms with van der Waals surface area (Å²) >= 11 is 3.41. The Kier molecular flexibility index (Phi) is 7.31. The van der Waals surface area contributed by atoms with E-state index in [1.54, 1.807) is 0 Å². The number of anilines is 1. The van der Waals surface area contributed by atoms with E-state index >= 15 is 0 Å². The molecule has 1 rings (SSSR count). The maximum atomic E-state index is 5.56. The molecule has 1 N–H and O–H groups in total. The molecule has 0 radical (unpaired) electrons. The van der Waals surface area contributed by atoms with Crippen molar-refractivity contribution in [3.8, 4) is 0 Å². The van der Waals surface area contributed by atoms with Crippen molar-refractivity contribution in [2.45, 2.75) is 40.0 Å². The molecule has 0 fully saturated rings. The number of hydrogen-bond acceptors (Lipinski definition) is 4. The van der Waals surface area contributed by atoms with Crippen LogP contribution in [0, 0.1) is 5.92 Å². The Morgan fingerprint density at radius 3 is 2.58 bits per heavy atom. The summed E-state index contributed by atoms with van der Waals surface area (Å²) in [7, 11) is 0. The molecular formula is C14H24BrN3O. The van der Waals surface area contributed by atoms with Gasteiger partial charge in [-0.2, -0.15) is 0 Å². The van der Waals surface area contributed by atoms with Crippen LogP contribution in [-0.4, -0.2) is 29.7 Å². The van der Waals surface area contributed by atoms with E-state index in [9.17, 15) is 0 Å². The molecule has 0 bridgehead atoms. The molecule has 19 heavy (non-hydrogen) atoms. The van der Waals surface area contributed by atoms with E-state index in [0.29, 0.717) is 18.4 Å². The number of aromatic nitrogens is 2. The Hall–Kier alpha value is -0.680. The molecule has 0 spiro atoms. The minimum atomic E-state index is 0.320. The van der Waals surface area contributed by atoms with Gasteiger partial charge >= 0.3 is 0 Å². The summed E-state index contributed by atoms with van der Waals surface area (Å²) in [6.45, 7) is 10.9. The summed E-state index contributed by atoms with van der Waals surface area (Å²) < 4.78 is 6.37. The number of nitrogens with zero attached hydrogens (tertiary/aromatic N) is 2. The van der Waals surface area contributed by atoms with E-state index < -0.39 is 0 Å². The van der Waals surface area contributed by atoms with Crippen molar-refractivity contribution in [2.75, 3.05) is 25.1 Å². The van der Waals surface area contributed by atoms with Crippen molar-refractivity contribution >= 4 is 21.7 Å². The molecule has 0 aliphatic carbocycles. The first-order chi connectivity index (χ1) is 8.99. The van der Waals surface area contributed by atoms with Gasteiger partial charge in [0.1, 0.15) is 16.2 Å². The van der Waals surface area contributed by atoms with Crippen molar-refractivity contribution in [3.63, 3.8) is 0 Å². The van der Waals surface area contributed by atoms with Gasteiger partial charge in [-0.3, -0.25) is 0 Å². The van der Waals surface area contributed by atoms with Crippen molar-refractivity contribution in [2.24, 2.45) is 5.92 Å². The third kappa shape index (κ3) is 6.87. The van der Waals surface area contributed by atoms with Crippen LogP contribution < -0.4 is 5.32 Å². The summed E-state index contributed by atoms with van der Waals surface area (Å²) in [6, 6.07) is 1.89. The van der Waals surface area contributed by atoms with Gasteiger partial charge in [0.05, 0.1) is 6.61 Å². The largest absolute Gasteiger partial charge is 0.380 e. The van der Waals surface area contributed by atoms with Crippen molar-refractivity contribution in [1.82, 2.24) is 9.97 Å². The van der Waals surface area contributed by atoms with Gasteiger partial charge in [0, 0.05) is 25.1 Å². The molecule has 0 aliphatic rings. The van der Waals surface area contributed by atoms with E-state index in [1.165, 1.54) is 0 Å². The molecule has 0 aliphatic heterocycles. The van der Waals surface area contributed by atoms with Crippen molar-refractivity contribution in [1.29, 1.82) is 0 Å². The van der Waals surface area contributed by atoms with Crippen LogP contribution in [0.4, 0.5) is 5.82 Å². The highest BCUT2D eigenvalue weighted by Crippen LogP contribution is 2.17. The van der Waals surface area contributed by atoms with Crippen molar-refractivity contribution in [3.05, 3.63) is 16.5 Å². The molecule has 0 amide bonds. The van der Waals surface area contributed by atoms with E-state index in [4.69, 9.17) is 4.74 Å². The second-order valence-corrected chi connectivity index (χ2v) is 6.12. The van der Waals surface area contributed by atoms with Crippen LogP contribution in [0.15, 0.2) is 10.7 Å². The van der Waals surface area contributed by atoms with Gasteiger partial charge in [0.25, 0.3) is 0 Å². The second-order valence-electron chi connectivity index (χ2n) is 5.31. The summed E-state index contributed by atoms with van der Waals surface area (Å²) in [6.07, 6.45) is 1.11. The normalized spacial score (nSPS) is 11.3. The van der Waals surface area contributed by atoms with Gasteiger partial charge in [-0.25, -0.2) is 9.97 Å². The number of rotatable bonds is 8. The summed E-state index contributed by atoms with van der Waals surface area (Å²) in [5.74, 6) is 2.70. The van der Waals surface area contributed by atoms with Crippen molar-refractivity contribution < 1.29 is 4.74 Å². The lowest BCUT2D eigenvalue weighted by atomic mass is 10.1. The van der Waals surface area contributed by atoms with Crippen LogP contribution in [0.25, 0.3) is 0 Å². The van der Waals surface area contributed by atoms with Gasteiger partial charge < -0.3 is 10.1 Å². The van der Waals surface area contributed by atoms with Crippen LogP contribution in [0.5, 0.6) is 0 Å². The Balaban J connectivity index is 2.33. The molecule has 5 heteroatoms. The standard InChI is InChI=1S/C14H24BrN3O/c1-10(2)5-7-19-8-6-16-13-9-12(15)17-14(18-13)11(3)4/h9-11H,5-8H2,1-4H3,(H,16,17,18). The fourth-order valence-corrected chi connectivity index (χ4v) is 1.85.